The summed E-state index contributed by atoms with van der Waals surface area (Å²) in [6, 6.07) is 9.77. The third-order valence-electron chi connectivity index (χ3n) is 9.23. The normalized spacial score (nSPS) is 18.9. The molecule has 263 valence electrons. The maximum Gasteiger partial charge on any atom is 0.407 e. The number of nitrogens with zero attached hydrogens (tertiary/aromatic N) is 5. The van der Waals surface area contributed by atoms with Crippen molar-refractivity contribution in [1.29, 1.82) is 0 Å². The van der Waals surface area contributed by atoms with Crippen LogP contribution in [-0.2, 0) is 29.5 Å². The highest BCUT2D eigenvalue weighted by atomic mass is 28.1. The van der Waals surface area contributed by atoms with E-state index < -0.39 is 29.6 Å². The lowest BCUT2D eigenvalue weighted by molar-refractivity contribution is 0.0440. The van der Waals surface area contributed by atoms with E-state index in [1.165, 1.54) is 17.7 Å². The number of rotatable bonds is 11. The van der Waals surface area contributed by atoms with Gasteiger partial charge in [0.2, 0.25) is 0 Å². The molecule has 1 saturated carbocycles. The minimum absolute atomic E-state index is 0.116. The van der Waals surface area contributed by atoms with Crippen LogP contribution < -0.4 is 15.4 Å². The first-order valence-corrected chi connectivity index (χ1v) is 17.5. The van der Waals surface area contributed by atoms with Gasteiger partial charge >= 0.3 is 12.2 Å². The number of hydrogen-bond donors (Lipinski definition) is 2. The number of halogens is 1. The van der Waals surface area contributed by atoms with E-state index in [1.54, 1.807) is 26.8 Å². The number of carbonyl (C=O) groups is 3. The van der Waals surface area contributed by atoms with Crippen LogP contribution in [0.3, 0.4) is 0 Å². The number of aryl methyl sites for hydroxylation is 2. The first-order chi connectivity index (χ1) is 23.8. The summed E-state index contributed by atoms with van der Waals surface area (Å²) in [5.41, 5.74) is 3.32. The Morgan fingerprint density at radius 3 is 2.70 bits per heavy atom. The molecule has 1 saturated heterocycles. The zero-order valence-corrected chi connectivity index (χ0v) is 29.7. The highest BCUT2D eigenvalue weighted by Crippen LogP contribution is 2.38. The van der Waals surface area contributed by atoms with Crippen molar-refractivity contribution >= 4 is 50.4 Å². The minimum Gasteiger partial charge on any atom is -0.487 e. The molecule has 7 rings (SSSR count). The summed E-state index contributed by atoms with van der Waals surface area (Å²) in [6.45, 7) is 5.76. The molecule has 2 N–H and O–H groups in total. The highest BCUT2D eigenvalue weighted by molar-refractivity contribution is 6.17. The molecule has 1 aromatic carbocycles. The number of alkyl halides is 1. The molecule has 0 spiro atoms. The predicted molar refractivity (Wildman–Crippen MR) is 184 cm³/mol. The number of alkyl carbamates (subject to hydrolysis) is 2. The van der Waals surface area contributed by atoms with Gasteiger partial charge in [-0.05, 0) is 51.3 Å². The van der Waals surface area contributed by atoms with Gasteiger partial charge in [0.15, 0.2) is 17.6 Å². The van der Waals surface area contributed by atoms with Gasteiger partial charge in [0, 0.05) is 38.5 Å². The summed E-state index contributed by atoms with van der Waals surface area (Å²) in [6.07, 6.45) is 2.33. The number of benzene rings is 1. The van der Waals surface area contributed by atoms with Crippen LogP contribution >= 0.6 is 0 Å². The van der Waals surface area contributed by atoms with E-state index in [2.05, 4.69) is 31.5 Å². The Morgan fingerprint density at radius 1 is 1.20 bits per heavy atom. The lowest BCUT2D eigenvalue weighted by atomic mass is 10.0. The Morgan fingerprint density at radius 2 is 2.00 bits per heavy atom. The standard InChI is InChI=1S/C35H41FN7O6Si/c1-34(2,3)49-33(46)40-35(50,18-36)19-42-12-11-24-23(31(42)44)15-25-29(38-24)41(4)30(39-25)26-14-21-6-5-7-27(47-17-22-16-37-32(45)48-22)28(21)43(26)13-10-20-8-9-20/h5-7,14-15,20,22H,8-13,16-19H2,1-4H3,(H,37,45)(H,40,46)/t22?,35-/m1/s1. The van der Waals surface area contributed by atoms with Crippen LogP contribution in [0.1, 0.15) is 56.1 Å². The molecule has 3 aromatic heterocycles. The third-order valence-corrected chi connectivity index (χ3v) is 9.65. The molecule has 0 bridgehead atoms. The number of aromatic nitrogens is 4. The number of imidazole rings is 1. The molecule has 1 aliphatic carbocycles. The molecule has 1 unspecified atom stereocenters. The second kappa shape index (κ2) is 12.9. The summed E-state index contributed by atoms with van der Waals surface area (Å²) in [4.78, 5) is 49.2. The van der Waals surface area contributed by atoms with E-state index in [9.17, 15) is 18.8 Å². The SMILES string of the molecule is Cn1c(-c2cc3cccc(OCC4CNC(=O)O4)c3n2CCC2CC2)nc2cc3c(nc21)CCN(C[C@]([Si])(CF)NC(=O)OC(C)(C)C)C3=O. The van der Waals surface area contributed by atoms with Crippen LogP contribution in [0.2, 0.25) is 0 Å². The largest absolute Gasteiger partial charge is 0.487 e. The van der Waals surface area contributed by atoms with E-state index in [0.29, 0.717) is 59.4 Å². The Labute approximate surface area is 292 Å². The number of pyridine rings is 1. The molecule has 5 heterocycles. The van der Waals surface area contributed by atoms with Gasteiger partial charge in [0.1, 0.15) is 30.1 Å². The second-order valence-corrected chi connectivity index (χ2v) is 15.4. The number of nitrogens with one attached hydrogen (secondary N) is 2. The summed E-state index contributed by atoms with van der Waals surface area (Å²) in [7, 11) is 5.30. The topological polar surface area (TPSA) is 142 Å². The number of cyclic esters (lactones) is 1. The summed E-state index contributed by atoms with van der Waals surface area (Å²) >= 11 is 0. The summed E-state index contributed by atoms with van der Waals surface area (Å²) < 4.78 is 35.3. The fraction of sp³-hybridized carbons (Fsp3) is 0.514. The first-order valence-electron chi connectivity index (χ1n) is 17.0. The van der Waals surface area contributed by atoms with Crippen LogP contribution in [0.25, 0.3) is 33.6 Å². The minimum atomic E-state index is -1.53. The maximum atomic E-state index is 14.3. The summed E-state index contributed by atoms with van der Waals surface area (Å²) in [5, 5.41) is 4.66. The lowest BCUT2D eigenvalue weighted by Crippen LogP contribution is -2.60. The van der Waals surface area contributed by atoms with Gasteiger partial charge in [0.25, 0.3) is 5.91 Å². The molecule has 2 atom stereocenters. The van der Waals surface area contributed by atoms with E-state index in [1.807, 2.05) is 29.8 Å². The molecule has 4 aromatic rings. The first kappa shape index (κ1) is 33.8. The number of ether oxygens (including phenoxy) is 3. The van der Waals surface area contributed by atoms with Crippen molar-refractivity contribution in [3.8, 4) is 17.3 Å². The number of amides is 3. The zero-order valence-electron chi connectivity index (χ0n) is 28.7. The van der Waals surface area contributed by atoms with E-state index in [-0.39, 0.29) is 25.2 Å². The molecule has 3 aliphatic rings. The van der Waals surface area contributed by atoms with Gasteiger partial charge in [-0.25, -0.2) is 23.9 Å². The smallest absolute Gasteiger partial charge is 0.407 e. The number of para-hydroxylation sites is 1. The van der Waals surface area contributed by atoms with Crippen molar-refractivity contribution in [2.24, 2.45) is 13.0 Å². The van der Waals surface area contributed by atoms with Gasteiger partial charge in [-0.1, -0.05) is 25.0 Å². The quantitative estimate of drug-likeness (QED) is 0.221. The molecule has 13 nitrogen and oxygen atoms in total. The molecule has 15 heteroatoms. The fourth-order valence-electron chi connectivity index (χ4n) is 6.61. The Balaban J connectivity index is 1.19. The molecular formula is C35H41FN7O6Si. The average Bonchev–Trinajstić information content (AvgIpc) is 3.55. The van der Waals surface area contributed by atoms with Crippen LogP contribution in [0.4, 0.5) is 14.0 Å². The van der Waals surface area contributed by atoms with Gasteiger partial charge in [-0.2, -0.15) is 0 Å². The maximum absolute atomic E-state index is 14.3. The molecule has 3 radical (unpaired) electrons. The molecule has 2 fully saturated rings. The van der Waals surface area contributed by atoms with Crippen LogP contribution in [-0.4, -0.2) is 102 Å². The number of fused-ring (bicyclic) bond motifs is 3. The van der Waals surface area contributed by atoms with E-state index in [0.717, 1.165) is 29.6 Å². The van der Waals surface area contributed by atoms with Gasteiger partial charge in [0.05, 0.1) is 44.4 Å². The van der Waals surface area contributed by atoms with Gasteiger partial charge < -0.3 is 38.9 Å². The highest BCUT2D eigenvalue weighted by Gasteiger charge is 2.36. The predicted octanol–water partition coefficient (Wildman–Crippen LogP) is 4.23. The van der Waals surface area contributed by atoms with Gasteiger partial charge in [-0.3, -0.25) is 4.79 Å². The zero-order chi connectivity index (χ0) is 35.4. The number of carbonyl (C=O) groups excluding carboxylic acids is 3. The third kappa shape index (κ3) is 6.87. The molecule has 50 heavy (non-hydrogen) atoms. The van der Waals surface area contributed by atoms with E-state index in [4.69, 9.17) is 24.2 Å². The second-order valence-electron chi connectivity index (χ2n) is 14.5. The van der Waals surface area contributed by atoms with Crippen molar-refractivity contribution in [1.82, 2.24) is 34.6 Å². The van der Waals surface area contributed by atoms with Crippen LogP contribution in [0, 0.1) is 5.92 Å². The van der Waals surface area contributed by atoms with Crippen LogP contribution in [0.15, 0.2) is 30.3 Å². The van der Waals surface area contributed by atoms with Gasteiger partial charge in [-0.15, -0.1) is 0 Å². The van der Waals surface area contributed by atoms with Crippen molar-refractivity contribution in [2.45, 2.75) is 69.9 Å². The van der Waals surface area contributed by atoms with Crippen molar-refractivity contribution in [3.63, 3.8) is 0 Å². The monoisotopic (exact) mass is 702 g/mol. The Kier molecular flexibility index (Phi) is 8.73. The molecule has 3 amide bonds. The summed E-state index contributed by atoms with van der Waals surface area (Å²) in [5.74, 6) is 1.76. The molecular weight excluding hydrogens is 662 g/mol. The van der Waals surface area contributed by atoms with Crippen molar-refractivity contribution in [3.05, 3.63) is 41.6 Å². The lowest BCUT2D eigenvalue weighted by Gasteiger charge is -2.36. The van der Waals surface area contributed by atoms with Crippen molar-refractivity contribution < 1.29 is 33.0 Å². The average molecular weight is 703 g/mol. The van der Waals surface area contributed by atoms with Crippen molar-refractivity contribution in [2.75, 3.05) is 32.9 Å². The van der Waals surface area contributed by atoms with Crippen LogP contribution in [0.5, 0.6) is 5.75 Å². The number of hydrogen-bond acceptors (Lipinski definition) is 8. The van der Waals surface area contributed by atoms with E-state index >= 15 is 0 Å². The molecule has 2 aliphatic heterocycles. The Hall–Kier alpha value is -4.66. The Bertz CT molecular complexity index is 1990. The fourth-order valence-corrected chi connectivity index (χ4v) is 6.90.